The van der Waals surface area contributed by atoms with E-state index in [1.165, 1.54) is 12.8 Å². The zero-order valence-electron chi connectivity index (χ0n) is 15.4. The van der Waals surface area contributed by atoms with E-state index in [-0.39, 0.29) is 23.2 Å². The van der Waals surface area contributed by atoms with Gasteiger partial charge in [0.25, 0.3) is 0 Å². The van der Waals surface area contributed by atoms with Crippen molar-refractivity contribution in [3.63, 3.8) is 0 Å². The SMILES string of the molecule is CN(Cc1cccc(O)c1)C(=O)N[C@H](CN1CCCC1)C(C)(C)C. The number of aromatic hydroxyl groups is 1. The standard InChI is InChI=1S/C19H31N3O2/c1-19(2,3)17(14-22-10-5-6-11-22)20-18(24)21(4)13-15-8-7-9-16(23)12-15/h7-9,12,17,23H,5-6,10-11,13-14H2,1-4H3,(H,20,24)/t17-/m1/s1. The van der Waals surface area contributed by atoms with Crippen LogP contribution < -0.4 is 5.32 Å². The Bertz CT molecular complexity index is 548. The number of rotatable bonds is 5. The van der Waals surface area contributed by atoms with Crippen LogP contribution in [-0.4, -0.2) is 53.7 Å². The lowest BCUT2D eigenvalue weighted by Crippen LogP contribution is -2.53. The fourth-order valence-corrected chi connectivity index (χ4v) is 3.02. The van der Waals surface area contributed by atoms with Crippen LogP contribution in [0.2, 0.25) is 0 Å². The van der Waals surface area contributed by atoms with E-state index in [2.05, 4.69) is 31.0 Å². The summed E-state index contributed by atoms with van der Waals surface area (Å²) in [5, 5.41) is 12.8. The first-order chi connectivity index (χ1) is 11.3. The van der Waals surface area contributed by atoms with Gasteiger partial charge in [0.15, 0.2) is 0 Å². The van der Waals surface area contributed by atoms with Gasteiger partial charge in [-0.05, 0) is 49.0 Å². The maximum atomic E-state index is 12.6. The van der Waals surface area contributed by atoms with Crippen molar-refractivity contribution in [2.45, 2.75) is 46.2 Å². The molecular formula is C19H31N3O2. The number of amides is 2. The Kier molecular flexibility index (Phi) is 6.10. The molecule has 1 aliphatic heterocycles. The van der Waals surface area contributed by atoms with Crippen LogP contribution in [0, 0.1) is 5.41 Å². The number of carbonyl (C=O) groups is 1. The largest absolute Gasteiger partial charge is 0.508 e. The summed E-state index contributed by atoms with van der Waals surface area (Å²) in [7, 11) is 1.79. The molecule has 1 aliphatic rings. The van der Waals surface area contributed by atoms with Crippen LogP contribution in [0.15, 0.2) is 24.3 Å². The fourth-order valence-electron chi connectivity index (χ4n) is 3.02. The molecule has 0 unspecified atom stereocenters. The Morgan fingerprint density at radius 3 is 2.58 bits per heavy atom. The normalized spacial score (nSPS) is 16.8. The van der Waals surface area contributed by atoms with Gasteiger partial charge in [0.2, 0.25) is 0 Å². The molecule has 0 radical (unpaired) electrons. The van der Waals surface area contributed by atoms with Gasteiger partial charge in [-0.15, -0.1) is 0 Å². The summed E-state index contributed by atoms with van der Waals surface area (Å²) >= 11 is 0. The van der Waals surface area contributed by atoms with E-state index < -0.39 is 0 Å². The van der Waals surface area contributed by atoms with Crippen LogP contribution in [0.25, 0.3) is 0 Å². The Balaban J connectivity index is 1.95. The van der Waals surface area contributed by atoms with Gasteiger partial charge in [0.1, 0.15) is 5.75 Å². The molecule has 1 aromatic carbocycles. The van der Waals surface area contributed by atoms with Crippen molar-refractivity contribution in [1.82, 2.24) is 15.1 Å². The average Bonchev–Trinajstić information content (AvgIpc) is 2.98. The van der Waals surface area contributed by atoms with Crippen molar-refractivity contribution in [1.29, 1.82) is 0 Å². The van der Waals surface area contributed by atoms with Crippen molar-refractivity contribution in [2.75, 3.05) is 26.7 Å². The molecule has 5 heteroatoms. The van der Waals surface area contributed by atoms with Crippen molar-refractivity contribution in [2.24, 2.45) is 5.41 Å². The van der Waals surface area contributed by atoms with Gasteiger partial charge in [-0.2, -0.15) is 0 Å². The number of hydrogen-bond acceptors (Lipinski definition) is 3. The smallest absolute Gasteiger partial charge is 0.317 e. The fraction of sp³-hybridized carbons (Fsp3) is 0.632. The van der Waals surface area contributed by atoms with Gasteiger partial charge >= 0.3 is 6.03 Å². The molecule has 2 N–H and O–H groups in total. The number of phenols is 1. The van der Waals surface area contributed by atoms with E-state index in [4.69, 9.17) is 0 Å². The lowest BCUT2D eigenvalue weighted by atomic mass is 9.86. The number of nitrogens with zero attached hydrogens (tertiary/aromatic N) is 2. The highest BCUT2D eigenvalue weighted by Gasteiger charge is 2.29. The van der Waals surface area contributed by atoms with E-state index in [1.807, 2.05) is 6.07 Å². The molecule has 5 nitrogen and oxygen atoms in total. The summed E-state index contributed by atoms with van der Waals surface area (Å²) in [5.41, 5.74) is 0.920. The molecule has 0 aliphatic carbocycles. The zero-order valence-corrected chi connectivity index (χ0v) is 15.4. The van der Waals surface area contributed by atoms with Crippen molar-refractivity contribution >= 4 is 6.03 Å². The van der Waals surface area contributed by atoms with E-state index in [9.17, 15) is 9.90 Å². The molecule has 0 bridgehead atoms. The summed E-state index contributed by atoms with van der Waals surface area (Å²) in [6, 6.07) is 7.06. The summed E-state index contributed by atoms with van der Waals surface area (Å²) in [6.07, 6.45) is 2.50. The van der Waals surface area contributed by atoms with Crippen molar-refractivity contribution in [3.05, 3.63) is 29.8 Å². The number of hydrogen-bond donors (Lipinski definition) is 2. The van der Waals surface area contributed by atoms with Crippen molar-refractivity contribution < 1.29 is 9.90 Å². The predicted octanol–water partition coefficient (Wildman–Crippen LogP) is 3.04. The molecule has 1 fully saturated rings. The number of benzene rings is 1. The highest BCUT2D eigenvalue weighted by molar-refractivity contribution is 5.74. The zero-order chi connectivity index (χ0) is 17.7. The first kappa shape index (κ1) is 18.6. The third-order valence-electron chi connectivity index (χ3n) is 4.66. The summed E-state index contributed by atoms with van der Waals surface area (Å²) in [6.45, 7) is 10.1. The highest BCUT2D eigenvalue weighted by Crippen LogP contribution is 2.22. The van der Waals surface area contributed by atoms with Crippen LogP contribution in [0.3, 0.4) is 0 Å². The van der Waals surface area contributed by atoms with Gasteiger partial charge < -0.3 is 20.2 Å². The Morgan fingerprint density at radius 2 is 2.00 bits per heavy atom. The van der Waals surface area contributed by atoms with E-state index in [0.29, 0.717) is 6.54 Å². The Morgan fingerprint density at radius 1 is 1.33 bits per heavy atom. The molecule has 1 heterocycles. The van der Waals surface area contributed by atoms with Gasteiger partial charge in [0.05, 0.1) is 0 Å². The molecule has 2 amide bonds. The predicted molar refractivity (Wildman–Crippen MR) is 97.0 cm³/mol. The maximum Gasteiger partial charge on any atom is 0.317 e. The number of carbonyl (C=O) groups excluding carboxylic acids is 1. The second-order valence-corrected chi connectivity index (χ2v) is 7.90. The first-order valence-electron chi connectivity index (χ1n) is 8.77. The van der Waals surface area contributed by atoms with Crippen LogP contribution in [0.4, 0.5) is 4.79 Å². The molecule has 0 spiro atoms. The minimum absolute atomic E-state index is 0.00407. The van der Waals surface area contributed by atoms with Crippen LogP contribution in [-0.2, 0) is 6.54 Å². The van der Waals surface area contributed by atoms with E-state index >= 15 is 0 Å². The number of phenolic OH excluding ortho intramolecular Hbond substituents is 1. The molecule has 1 atom stereocenters. The first-order valence-corrected chi connectivity index (χ1v) is 8.77. The molecule has 0 saturated carbocycles. The lowest BCUT2D eigenvalue weighted by Gasteiger charge is -2.35. The van der Waals surface area contributed by atoms with Gasteiger partial charge in [-0.25, -0.2) is 4.79 Å². The Labute approximate surface area is 145 Å². The van der Waals surface area contributed by atoms with Crippen LogP contribution >= 0.6 is 0 Å². The molecule has 1 aromatic rings. The third-order valence-corrected chi connectivity index (χ3v) is 4.66. The molecule has 134 valence electrons. The quantitative estimate of drug-likeness (QED) is 0.871. The van der Waals surface area contributed by atoms with Gasteiger partial charge in [-0.3, -0.25) is 0 Å². The van der Waals surface area contributed by atoms with E-state index in [0.717, 1.165) is 25.2 Å². The van der Waals surface area contributed by atoms with Crippen molar-refractivity contribution in [3.8, 4) is 5.75 Å². The minimum atomic E-state index is -0.0718. The maximum absolute atomic E-state index is 12.6. The molecule has 1 saturated heterocycles. The molecule has 0 aromatic heterocycles. The average molecular weight is 333 g/mol. The van der Waals surface area contributed by atoms with Gasteiger partial charge in [-0.1, -0.05) is 32.9 Å². The number of urea groups is 1. The lowest BCUT2D eigenvalue weighted by molar-refractivity contribution is 0.167. The number of likely N-dealkylation sites (tertiary alicyclic amines) is 1. The minimum Gasteiger partial charge on any atom is -0.508 e. The topological polar surface area (TPSA) is 55.8 Å². The number of nitrogens with one attached hydrogen (secondary N) is 1. The summed E-state index contributed by atoms with van der Waals surface area (Å²) < 4.78 is 0. The summed E-state index contributed by atoms with van der Waals surface area (Å²) in [5.74, 6) is 0.225. The van der Waals surface area contributed by atoms with Crippen LogP contribution in [0.5, 0.6) is 5.75 Å². The Hall–Kier alpha value is -1.75. The molecule has 24 heavy (non-hydrogen) atoms. The molecule has 2 rings (SSSR count). The highest BCUT2D eigenvalue weighted by atomic mass is 16.3. The van der Waals surface area contributed by atoms with Crippen LogP contribution in [0.1, 0.15) is 39.2 Å². The monoisotopic (exact) mass is 333 g/mol. The molecular weight excluding hydrogens is 302 g/mol. The second-order valence-electron chi connectivity index (χ2n) is 7.90. The van der Waals surface area contributed by atoms with Gasteiger partial charge in [0, 0.05) is 26.2 Å². The van der Waals surface area contributed by atoms with E-state index in [1.54, 1.807) is 30.1 Å². The summed E-state index contributed by atoms with van der Waals surface area (Å²) in [4.78, 5) is 16.7. The third kappa shape index (κ3) is 5.41. The second kappa shape index (κ2) is 7.88.